The maximum atomic E-state index is 8.39. The summed E-state index contributed by atoms with van der Waals surface area (Å²) < 4.78 is 0. The molecule has 0 amide bonds. The van der Waals surface area contributed by atoms with E-state index >= 15 is 0 Å². The number of halogens is 1. The number of benzene rings is 1. The summed E-state index contributed by atoms with van der Waals surface area (Å²) in [5.74, 6) is 0. The Morgan fingerprint density at radius 1 is 1.31 bits per heavy atom. The molecule has 0 heterocycles. The Bertz CT molecular complexity index is 301. The van der Waals surface area contributed by atoms with Crippen molar-refractivity contribution >= 4 is 15.9 Å². The molecule has 0 saturated heterocycles. The summed E-state index contributed by atoms with van der Waals surface area (Å²) in [6.45, 7) is 0. The summed E-state index contributed by atoms with van der Waals surface area (Å²) in [5.41, 5.74) is 2.63. The molecular weight excluding hydrogens is 226 g/mol. The first-order chi connectivity index (χ1) is 6.36. The van der Waals surface area contributed by atoms with Gasteiger partial charge in [0, 0.05) is 11.8 Å². The highest BCUT2D eigenvalue weighted by atomic mass is 79.9. The number of aryl methyl sites for hydroxylation is 1. The first-order valence-corrected chi connectivity index (χ1v) is 5.49. The number of unbranched alkanes of at least 4 members (excludes halogenated alkanes) is 1. The smallest absolute Gasteiger partial charge is 0.0621 e. The zero-order valence-electron chi connectivity index (χ0n) is 7.46. The van der Waals surface area contributed by atoms with Crippen molar-refractivity contribution in [1.82, 2.24) is 0 Å². The molecule has 0 aliphatic carbocycles. The average Bonchev–Trinajstić information content (AvgIpc) is 2.19. The van der Waals surface area contributed by atoms with Gasteiger partial charge in [0.1, 0.15) is 0 Å². The van der Waals surface area contributed by atoms with Crippen molar-refractivity contribution in [3.63, 3.8) is 0 Å². The first-order valence-electron chi connectivity index (χ1n) is 4.37. The molecule has 0 unspecified atom stereocenters. The Hall–Kier alpha value is -0.810. The quantitative estimate of drug-likeness (QED) is 0.582. The van der Waals surface area contributed by atoms with Crippen LogP contribution in [0, 0.1) is 11.3 Å². The third-order valence-electron chi connectivity index (χ3n) is 1.90. The van der Waals surface area contributed by atoms with E-state index in [1.165, 1.54) is 11.1 Å². The van der Waals surface area contributed by atoms with Crippen molar-refractivity contribution in [3.05, 3.63) is 35.4 Å². The third kappa shape index (κ3) is 3.61. The van der Waals surface area contributed by atoms with Crippen molar-refractivity contribution in [2.45, 2.75) is 24.6 Å². The predicted octanol–water partition coefficient (Wildman–Crippen LogP) is 3.43. The van der Waals surface area contributed by atoms with Crippen LogP contribution >= 0.6 is 15.9 Å². The van der Waals surface area contributed by atoms with Gasteiger partial charge in [0.25, 0.3) is 0 Å². The van der Waals surface area contributed by atoms with E-state index in [4.69, 9.17) is 5.26 Å². The molecule has 1 nitrogen and oxygen atoms in total. The summed E-state index contributed by atoms with van der Waals surface area (Å²) in [4.78, 5) is 0. The standard InChI is InChI=1S/C11H12BrN/c12-9-11-6-3-5-10(8-11)4-1-2-7-13/h3,5-6,8H,1-2,4,9H2. The molecule has 1 aromatic rings. The number of rotatable bonds is 4. The predicted molar refractivity (Wildman–Crippen MR) is 57.6 cm³/mol. The summed E-state index contributed by atoms with van der Waals surface area (Å²) >= 11 is 3.42. The highest BCUT2D eigenvalue weighted by Crippen LogP contribution is 2.10. The SMILES string of the molecule is N#CCCCc1cccc(CBr)c1. The molecule has 1 aromatic carbocycles. The molecule has 0 aromatic heterocycles. The second kappa shape index (κ2) is 5.77. The molecule has 0 radical (unpaired) electrons. The van der Waals surface area contributed by atoms with Gasteiger partial charge in [0.05, 0.1) is 6.07 Å². The molecule has 0 fully saturated rings. The van der Waals surface area contributed by atoms with Gasteiger partial charge in [-0.25, -0.2) is 0 Å². The monoisotopic (exact) mass is 237 g/mol. The van der Waals surface area contributed by atoms with Crippen molar-refractivity contribution in [2.24, 2.45) is 0 Å². The van der Waals surface area contributed by atoms with E-state index in [0.717, 1.165) is 18.2 Å². The number of hydrogen-bond donors (Lipinski definition) is 0. The van der Waals surface area contributed by atoms with Gasteiger partial charge in [0.15, 0.2) is 0 Å². The minimum absolute atomic E-state index is 0.651. The number of nitriles is 1. The van der Waals surface area contributed by atoms with E-state index in [9.17, 15) is 0 Å². The molecule has 0 saturated carbocycles. The molecular formula is C11H12BrN. The maximum absolute atomic E-state index is 8.39. The van der Waals surface area contributed by atoms with E-state index in [1.807, 2.05) is 0 Å². The van der Waals surface area contributed by atoms with E-state index in [-0.39, 0.29) is 0 Å². The lowest BCUT2D eigenvalue weighted by Crippen LogP contribution is -1.86. The molecule has 0 spiro atoms. The van der Waals surface area contributed by atoms with Crippen molar-refractivity contribution < 1.29 is 0 Å². The fourth-order valence-corrected chi connectivity index (χ4v) is 1.59. The lowest BCUT2D eigenvalue weighted by Gasteiger charge is -2.00. The lowest BCUT2D eigenvalue weighted by atomic mass is 10.1. The molecule has 0 N–H and O–H groups in total. The van der Waals surface area contributed by atoms with E-state index in [0.29, 0.717) is 6.42 Å². The molecule has 68 valence electrons. The van der Waals surface area contributed by atoms with Crippen LogP contribution in [-0.4, -0.2) is 0 Å². The van der Waals surface area contributed by atoms with Crippen LogP contribution in [0.5, 0.6) is 0 Å². The van der Waals surface area contributed by atoms with Crippen LogP contribution in [-0.2, 0) is 11.8 Å². The van der Waals surface area contributed by atoms with Gasteiger partial charge in [-0.15, -0.1) is 0 Å². The highest BCUT2D eigenvalue weighted by molar-refractivity contribution is 9.08. The Labute approximate surface area is 87.5 Å². The largest absolute Gasteiger partial charge is 0.198 e. The second-order valence-corrected chi connectivity index (χ2v) is 3.53. The van der Waals surface area contributed by atoms with Crippen LogP contribution in [0.4, 0.5) is 0 Å². The van der Waals surface area contributed by atoms with Gasteiger partial charge < -0.3 is 0 Å². The summed E-state index contributed by atoms with van der Waals surface area (Å²) in [7, 11) is 0. The fraction of sp³-hybridized carbons (Fsp3) is 0.364. The van der Waals surface area contributed by atoms with Crippen LogP contribution in [0.2, 0.25) is 0 Å². The fourth-order valence-electron chi connectivity index (χ4n) is 1.24. The van der Waals surface area contributed by atoms with Gasteiger partial charge in [-0.1, -0.05) is 40.2 Å². The first kappa shape index (κ1) is 10.3. The van der Waals surface area contributed by atoms with Crippen molar-refractivity contribution in [1.29, 1.82) is 5.26 Å². The molecule has 13 heavy (non-hydrogen) atoms. The number of nitrogens with zero attached hydrogens (tertiary/aromatic N) is 1. The van der Waals surface area contributed by atoms with Crippen LogP contribution < -0.4 is 0 Å². The van der Waals surface area contributed by atoms with Gasteiger partial charge in [-0.05, 0) is 24.0 Å². The second-order valence-electron chi connectivity index (χ2n) is 2.97. The van der Waals surface area contributed by atoms with Gasteiger partial charge in [-0.2, -0.15) is 5.26 Å². The Kier molecular flexibility index (Phi) is 4.56. The van der Waals surface area contributed by atoms with Crippen LogP contribution in [0.3, 0.4) is 0 Å². The van der Waals surface area contributed by atoms with Crippen LogP contribution in [0.25, 0.3) is 0 Å². The Morgan fingerprint density at radius 2 is 2.08 bits per heavy atom. The average molecular weight is 238 g/mol. The van der Waals surface area contributed by atoms with Gasteiger partial charge >= 0.3 is 0 Å². The van der Waals surface area contributed by atoms with E-state index < -0.39 is 0 Å². The minimum atomic E-state index is 0.651. The lowest BCUT2D eigenvalue weighted by molar-refractivity contribution is 0.849. The minimum Gasteiger partial charge on any atom is -0.198 e. The third-order valence-corrected chi connectivity index (χ3v) is 2.55. The summed E-state index contributed by atoms with van der Waals surface area (Å²) in [5, 5.41) is 9.29. The normalized spacial score (nSPS) is 9.54. The zero-order chi connectivity index (χ0) is 9.52. The zero-order valence-corrected chi connectivity index (χ0v) is 9.05. The van der Waals surface area contributed by atoms with Crippen LogP contribution in [0.15, 0.2) is 24.3 Å². The van der Waals surface area contributed by atoms with E-state index in [1.54, 1.807) is 0 Å². The van der Waals surface area contributed by atoms with Gasteiger partial charge in [-0.3, -0.25) is 0 Å². The maximum Gasteiger partial charge on any atom is 0.0621 e. The molecule has 1 rings (SSSR count). The molecule has 0 aliphatic rings. The topological polar surface area (TPSA) is 23.8 Å². The van der Waals surface area contributed by atoms with Crippen molar-refractivity contribution in [3.8, 4) is 6.07 Å². The number of alkyl halides is 1. The molecule has 0 atom stereocenters. The van der Waals surface area contributed by atoms with Gasteiger partial charge in [0.2, 0.25) is 0 Å². The van der Waals surface area contributed by atoms with Crippen molar-refractivity contribution in [2.75, 3.05) is 0 Å². The molecule has 0 bridgehead atoms. The molecule has 2 heteroatoms. The molecule has 0 aliphatic heterocycles. The van der Waals surface area contributed by atoms with E-state index in [2.05, 4.69) is 46.3 Å². The Balaban J connectivity index is 2.52. The Morgan fingerprint density at radius 3 is 2.77 bits per heavy atom. The van der Waals surface area contributed by atoms with Crippen LogP contribution in [0.1, 0.15) is 24.0 Å². The summed E-state index contributed by atoms with van der Waals surface area (Å²) in [6, 6.07) is 10.6. The highest BCUT2D eigenvalue weighted by Gasteiger charge is 1.94. The number of hydrogen-bond acceptors (Lipinski definition) is 1. The summed E-state index contributed by atoms with van der Waals surface area (Å²) in [6.07, 6.45) is 2.62.